The zero-order valence-electron chi connectivity index (χ0n) is 27.4. The number of aliphatic hydroxyl groups excluding tert-OH is 1. The molecule has 0 saturated carbocycles. The van der Waals surface area contributed by atoms with E-state index >= 15 is 4.39 Å². The van der Waals surface area contributed by atoms with E-state index in [0.29, 0.717) is 71.1 Å². The van der Waals surface area contributed by atoms with Gasteiger partial charge in [-0.15, -0.1) is 0 Å². The van der Waals surface area contributed by atoms with Crippen molar-refractivity contribution in [3.8, 4) is 34.4 Å². The van der Waals surface area contributed by atoms with E-state index in [2.05, 4.69) is 9.88 Å². The molecule has 3 aromatic carbocycles. The molecule has 1 saturated heterocycles. The number of Topliss-reactive ketones (excluding diaryl/α,β-unsaturated/α-hetero) is 1. The lowest BCUT2D eigenvalue weighted by Crippen LogP contribution is -2.27. The van der Waals surface area contributed by atoms with E-state index in [0.717, 1.165) is 25.9 Å². The lowest BCUT2D eigenvalue weighted by atomic mass is 10.0. The van der Waals surface area contributed by atoms with E-state index in [1.807, 2.05) is 0 Å². The first-order valence-corrected chi connectivity index (χ1v) is 16.4. The Kier molecular flexibility index (Phi) is 9.46. The Hall–Kier alpha value is -5.33. The summed E-state index contributed by atoms with van der Waals surface area (Å²) >= 11 is 0. The number of ether oxygens (including phenoxy) is 4. The van der Waals surface area contributed by atoms with Crippen LogP contribution in [0.5, 0.6) is 28.7 Å². The van der Waals surface area contributed by atoms with E-state index in [4.69, 9.17) is 18.9 Å². The van der Waals surface area contributed by atoms with Gasteiger partial charge in [-0.25, -0.2) is 8.78 Å². The monoisotopic (exact) mass is 683 g/mol. The average molecular weight is 684 g/mol. The number of nitrogens with zero attached hydrogens (tertiary/aromatic N) is 3. The van der Waals surface area contributed by atoms with Crippen LogP contribution in [0.4, 0.5) is 8.78 Å². The van der Waals surface area contributed by atoms with E-state index in [1.54, 1.807) is 36.7 Å². The molecule has 258 valence electrons. The van der Waals surface area contributed by atoms with Crippen LogP contribution in [-0.2, 0) is 12.8 Å². The third-order valence-electron chi connectivity index (χ3n) is 8.93. The van der Waals surface area contributed by atoms with Gasteiger partial charge in [-0.3, -0.25) is 19.1 Å². The second-order valence-electron chi connectivity index (χ2n) is 12.3. The van der Waals surface area contributed by atoms with E-state index in [-0.39, 0.29) is 29.6 Å². The van der Waals surface area contributed by atoms with Crippen LogP contribution in [0, 0.1) is 11.6 Å². The number of likely N-dealkylation sites (tertiary alicyclic amines) is 1. The molecule has 1 unspecified atom stereocenters. The summed E-state index contributed by atoms with van der Waals surface area (Å²) < 4.78 is 53.6. The fourth-order valence-electron chi connectivity index (χ4n) is 6.40. The molecule has 7 rings (SSSR count). The quantitative estimate of drug-likeness (QED) is 0.132. The zero-order valence-corrected chi connectivity index (χ0v) is 27.4. The summed E-state index contributed by atoms with van der Waals surface area (Å²) in [6.07, 6.45) is 4.72. The van der Waals surface area contributed by atoms with Crippen LogP contribution in [0.15, 0.2) is 77.9 Å². The summed E-state index contributed by atoms with van der Waals surface area (Å²) in [5, 5.41) is 10.3. The normalized spacial score (nSPS) is 15.6. The third-order valence-corrected chi connectivity index (χ3v) is 8.93. The smallest absolute Gasteiger partial charge is 0.269 e. The van der Waals surface area contributed by atoms with Gasteiger partial charge < -0.3 is 29.0 Å². The van der Waals surface area contributed by atoms with Crippen LogP contribution in [0.2, 0.25) is 0 Å². The minimum Gasteiger partial charge on any atom is -0.493 e. The first-order chi connectivity index (χ1) is 24.3. The van der Waals surface area contributed by atoms with Crippen LogP contribution in [-0.4, -0.2) is 71.4 Å². The summed E-state index contributed by atoms with van der Waals surface area (Å²) in [4.78, 5) is 33.7. The molecule has 1 fully saturated rings. The van der Waals surface area contributed by atoms with Crippen molar-refractivity contribution in [2.75, 3.05) is 40.0 Å². The maximum Gasteiger partial charge on any atom is 0.269 e. The molecular formula is C38H35F2N3O7. The van der Waals surface area contributed by atoms with E-state index in [9.17, 15) is 19.1 Å². The first kappa shape index (κ1) is 33.2. The molecule has 0 radical (unpaired) electrons. The van der Waals surface area contributed by atoms with Crippen LogP contribution in [0.3, 0.4) is 0 Å². The number of halogens is 2. The molecule has 0 spiro atoms. The lowest BCUT2D eigenvalue weighted by molar-refractivity contribution is 0.0988. The minimum atomic E-state index is -0.698. The standard InChI is InChI=1S/C38H35F2N3O7/c1-47-34-19-28-30(20-35(34)48-15-2-13-42-14-10-27(44)22-42)41-12-9-32(28)50-33-8-3-23(17-29(33)40)18-31(45)36-37-24(11-16-49-37)21-43(38(36)46)26-6-4-25(39)5-7-26/h3-9,12,17,19-21,27,44H,2,10-11,13-16,18,22H2,1H3. The van der Waals surface area contributed by atoms with E-state index in [1.165, 1.54) is 48.1 Å². The fraction of sp³-hybridized carbons (Fsp3) is 0.289. The van der Waals surface area contributed by atoms with Crippen molar-refractivity contribution in [2.45, 2.75) is 31.8 Å². The third kappa shape index (κ3) is 6.89. The molecule has 0 aliphatic carbocycles. The number of rotatable bonds is 12. The topological polar surface area (TPSA) is 112 Å². The van der Waals surface area contributed by atoms with Gasteiger partial charge in [0.1, 0.15) is 22.9 Å². The van der Waals surface area contributed by atoms with Crippen LogP contribution >= 0.6 is 0 Å². The van der Waals surface area contributed by atoms with Crippen molar-refractivity contribution in [1.82, 2.24) is 14.5 Å². The summed E-state index contributed by atoms with van der Waals surface area (Å²) in [5.74, 6) is -0.184. The summed E-state index contributed by atoms with van der Waals surface area (Å²) in [6, 6.07) is 14.7. The molecule has 2 aromatic heterocycles. The zero-order chi connectivity index (χ0) is 34.8. The number of carbonyl (C=O) groups is 1. The lowest BCUT2D eigenvalue weighted by Gasteiger charge is -2.16. The average Bonchev–Trinajstić information content (AvgIpc) is 3.76. The number of hydrogen-bond donors (Lipinski definition) is 1. The molecule has 12 heteroatoms. The fourth-order valence-corrected chi connectivity index (χ4v) is 6.40. The highest BCUT2D eigenvalue weighted by Crippen LogP contribution is 2.38. The Balaban J connectivity index is 1.07. The first-order valence-electron chi connectivity index (χ1n) is 16.4. The number of carbonyl (C=O) groups excluding carboxylic acids is 1. The molecule has 10 nitrogen and oxygen atoms in total. The van der Waals surface area contributed by atoms with Crippen molar-refractivity contribution >= 4 is 16.7 Å². The Morgan fingerprint density at radius 1 is 1.04 bits per heavy atom. The predicted molar refractivity (Wildman–Crippen MR) is 181 cm³/mol. The number of pyridine rings is 2. The van der Waals surface area contributed by atoms with Crippen molar-refractivity contribution in [3.63, 3.8) is 0 Å². The van der Waals surface area contributed by atoms with Crippen molar-refractivity contribution < 1.29 is 37.6 Å². The highest BCUT2D eigenvalue weighted by Gasteiger charge is 2.27. The van der Waals surface area contributed by atoms with Crippen molar-refractivity contribution in [1.29, 1.82) is 0 Å². The van der Waals surface area contributed by atoms with Gasteiger partial charge in [-0.05, 0) is 66.9 Å². The SMILES string of the molecule is COc1cc2c(Oc3ccc(CC(=O)c4c5c(cn(-c6ccc(F)cc6)c4=O)CCO5)cc3F)ccnc2cc1OCCCN1CCC(O)C1. The largest absolute Gasteiger partial charge is 0.493 e. The highest BCUT2D eigenvalue weighted by atomic mass is 19.1. The molecule has 50 heavy (non-hydrogen) atoms. The predicted octanol–water partition coefficient (Wildman–Crippen LogP) is 5.66. The summed E-state index contributed by atoms with van der Waals surface area (Å²) in [6.45, 7) is 3.15. The maximum atomic E-state index is 15.5. The van der Waals surface area contributed by atoms with Gasteiger partial charge in [-0.2, -0.15) is 0 Å². The van der Waals surface area contributed by atoms with Gasteiger partial charge in [0.15, 0.2) is 28.8 Å². The number of methoxy groups -OCH3 is 1. The second kappa shape index (κ2) is 14.3. The second-order valence-corrected chi connectivity index (χ2v) is 12.3. The maximum absolute atomic E-state index is 15.5. The van der Waals surface area contributed by atoms with Crippen LogP contribution in [0.25, 0.3) is 16.6 Å². The van der Waals surface area contributed by atoms with Gasteiger partial charge in [0.05, 0.1) is 31.9 Å². The number of aliphatic hydroxyl groups is 1. The Morgan fingerprint density at radius 3 is 2.64 bits per heavy atom. The van der Waals surface area contributed by atoms with Crippen molar-refractivity contribution in [2.24, 2.45) is 0 Å². The van der Waals surface area contributed by atoms with Crippen LogP contribution < -0.4 is 24.5 Å². The van der Waals surface area contributed by atoms with E-state index < -0.39 is 23.0 Å². The van der Waals surface area contributed by atoms with Gasteiger partial charge in [-0.1, -0.05) is 6.07 Å². The van der Waals surface area contributed by atoms with Gasteiger partial charge in [0.25, 0.3) is 5.56 Å². The highest BCUT2D eigenvalue weighted by molar-refractivity contribution is 6.00. The number of aromatic nitrogens is 2. The molecule has 0 bridgehead atoms. The molecule has 4 heterocycles. The number of β-amino-alcohol motifs (C(OH)–C–C–N with tert-alkyl or cyclic N) is 1. The number of hydrogen-bond acceptors (Lipinski definition) is 9. The number of ketones is 1. The molecule has 1 atom stereocenters. The molecule has 2 aliphatic heterocycles. The summed E-state index contributed by atoms with van der Waals surface area (Å²) in [5.41, 5.74) is 1.27. The molecular weight excluding hydrogens is 648 g/mol. The minimum absolute atomic E-state index is 0.0670. The Morgan fingerprint density at radius 2 is 1.88 bits per heavy atom. The Bertz CT molecular complexity index is 2120. The molecule has 2 aliphatic rings. The van der Waals surface area contributed by atoms with Gasteiger partial charge in [0.2, 0.25) is 0 Å². The van der Waals surface area contributed by atoms with Crippen LogP contribution in [0.1, 0.15) is 34.3 Å². The Labute approximate surface area is 286 Å². The molecule has 1 N–H and O–H groups in total. The van der Waals surface area contributed by atoms with Crippen molar-refractivity contribution in [3.05, 3.63) is 112 Å². The molecule has 5 aromatic rings. The summed E-state index contributed by atoms with van der Waals surface area (Å²) in [7, 11) is 1.53. The molecule has 0 amide bonds. The van der Waals surface area contributed by atoms with Gasteiger partial charge in [0, 0.05) is 67.6 Å². The number of fused-ring (bicyclic) bond motifs is 2. The van der Waals surface area contributed by atoms with Gasteiger partial charge >= 0.3 is 0 Å². The number of benzene rings is 3.